The molecule has 0 aromatic heterocycles. The molecule has 0 radical (unpaired) electrons. The summed E-state index contributed by atoms with van der Waals surface area (Å²) in [6, 6.07) is 11.3. The second-order valence-electron chi connectivity index (χ2n) is 9.48. The van der Waals surface area contributed by atoms with Gasteiger partial charge in [0.2, 0.25) is 21.8 Å². The molecule has 0 saturated heterocycles. The molecule has 198 valence electrons. The van der Waals surface area contributed by atoms with Gasteiger partial charge in [-0.1, -0.05) is 31.2 Å². The number of nitrogens with zero attached hydrogens (tertiary/aromatic N) is 2. The molecule has 0 aliphatic heterocycles. The molecule has 0 spiro atoms. The van der Waals surface area contributed by atoms with Crippen LogP contribution in [0.1, 0.15) is 46.6 Å². The molecule has 0 aliphatic carbocycles. The maximum atomic E-state index is 13.7. The molecule has 0 aliphatic rings. The van der Waals surface area contributed by atoms with Crippen molar-refractivity contribution in [2.45, 2.75) is 59.2 Å². The highest BCUT2D eigenvalue weighted by atomic mass is 32.2. The average Bonchev–Trinajstić information content (AvgIpc) is 2.77. The number of para-hydroxylation sites is 2. The van der Waals surface area contributed by atoms with Crippen LogP contribution in [0.15, 0.2) is 48.5 Å². The number of anilines is 1. The van der Waals surface area contributed by atoms with E-state index in [4.69, 9.17) is 4.74 Å². The number of amides is 2. The lowest BCUT2D eigenvalue weighted by Gasteiger charge is -2.34. The maximum absolute atomic E-state index is 13.7. The Bertz CT molecular complexity index is 1150. The molecule has 10 heteroatoms. The third-order valence-electron chi connectivity index (χ3n) is 5.26. The number of hydrogen-bond acceptors (Lipinski definition) is 5. The van der Waals surface area contributed by atoms with E-state index >= 15 is 0 Å². The molecule has 2 rings (SSSR count). The lowest BCUT2D eigenvalue weighted by molar-refractivity contribution is -0.141. The number of halogens is 1. The van der Waals surface area contributed by atoms with E-state index in [0.29, 0.717) is 24.3 Å². The Kier molecular flexibility index (Phi) is 9.86. The number of hydrogen-bond donors (Lipinski definition) is 1. The van der Waals surface area contributed by atoms with Crippen LogP contribution in [0.4, 0.5) is 10.1 Å². The normalized spacial score (nSPS) is 12.5. The van der Waals surface area contributed by atoms with Gasteiger partial charge in [0, 0.05) is 12.1 Å². The standard InChI is InChI=1S/C26H36FN3O5S/c1-7-21(25(32)28-26(3,4)5)29(17-19-13-15-20(27)16-14-19)24(31)18-30(36(6,33)34)22-11-9-10-12-23(22)35-8-2/h9-16,21H,7-8,17-18H2,1-6H3,(H,28,32)/t21-/m0/s1. The van der Waals surface area contributed by atoms with Crippen molar-refractivity contribution in [1.29, 1.82) is 0 Å². The zero-order valence-corrected chi connectivity index (χ0v) is 22.6. The van der Waals surface area contributed by atoms with E-state index in [0.717, 1.165) is 10.6 Å². The van der Waals surface area contributed by atoms with Crippen molar-refractivity contribution in [3.8, 4) is 5.75 Å². The van der Waals surface area contributed by atoms with Crippen molar-refractivity contribution >= 4 is 27.5 Å². The first-order valence-corrected chi connectivity index (χ1v) is 13.7. The van der Waals surface area contributed by atoms with Crippen LogP contribution < -0.4 is 14.4 Å². The molecule has 2 aromatic carbocycles. The van der Waals surface area contributed by atoms with E-state index in [9.17, 15) is 22.4 Å². The summed E-state index contributed by atoms with van der Waals surface area (Å²) in [6.07, 6.45) is 1.31. The van der Waals surface area contributed by atoms with E-state index in [1.54, 1.807) is 38.1 Å². The predicted molar refractivity (Wildman–Crippen MR) is 139 cm³/mol. The summed E-state index contributed by atoms with van der Waals surface area (Å²) in [6.45, 7) is 8.82. The van der Waals surface area contributed by atoms with Gasteiger partial charge in [0.15, 0.2) is 0 Å². The van der Waals surface area contributed by atoms with E-state index in [-0.39, 0.29) is 18.1 Å². The Morgan fingerprint density at radius 3 is 2.19 bits per heavy atom. The van der Waals surface area contributed by atoms with Gasteiger partial charge in [-0.3, -0.25) is 13.9 Å². The topological polar surface area (TPSA) is 96.0 Å². The van der Waals surface area contributed by atoms with Crippen molar-refractivity contribution < 1.29 is 27.1 Å². The highest BCUT2D eigenvalue weighted by molar-refractivity contribution is 7.92. The number of nitrogens with one attached hydrogen (secondary N) is 1. The first kappa shape index (κ1) is 29.1. The fourth-order valence-corrected chi connectivity index (χ4v) is 4.55. The van der Waals surface area contributed by atoms with Crippen LogP contribution in [0.3, 0.4) is 0 Å². The maximum Gasteiger partial charge on any atom is 0.244 e. The van der Waals surface area contributed by atoms with Crippen LogP contribution in [0.25, 0.3) is 0 Å². The number of sulfonamides is 1. The van der Waals surface area contributed by atoms with Crippen LogP contribution in [-0.2, 0) is 26.2 Å². The molecular weight excluding hydrogens is 485 g/mol. The van der Waals surface area contributed by atoms with E-state index in [2.05, 4.69) is 5.32 Å². The van der Waals surface area contributed by atoms with Crippen LogP contribution >= 0.6 is 0 Å². The highest BCUT2D eigenvalue weighted by Gasteiger charge is 2.33. The van der Waals surface area contributed by atoms with Crippen molar-refractivity contribution in [2.24, 2.45) is 0 Å². The number of benzene rings is 2. The van der Waals surface area contributed by atoms with Gasteiger partial charge in [-0.2, -0.15) is 0 Å². The first-order valence-electron chi connectivity index (χ1n) is 11.8. The Morgan fingerprint density at radius 1 is 1.06 bits per heavy atom. The van der Waals surface area contributed by atoms with Crippen molar-refractivity contribution in [3.63, 3.8) is 0 Å². The summed E-state index contributed by atoms with van der Waals surface area (Å²) in [5.74, 6) is -1.04. The third kappa shape index (κ3) is 8.22. The molecule has 0 heterocycles. The zero-order chi connectivity index (χ0) is 27.1. The minimum absolute atomic E-state index is 0.000108. The number of carbonyl (C=O) groups is 2. The van der Waals surface area contributed by atoms with Gasteiger partial charge in [-0.25, -0.2) is 12.8 Å². The number of rotatable bonds is 11. The quantitative estimate of drug-likeness (QED) is 0.486. The largest absolute Gasteiger partial charge is 0.492 e. The molecule has 8 nitrogen and oxygen atoms in total. The van der Waals surface area contributed by atoms with Gasteiger partial charge in [0.1, 0.15) is 24.2 Å². The summed E-state index contributed by atoms with van der Waals surface area (Å²) in [5, 5.41) is 2.90. The lowest BCUT2D eigenvalue weighted by Crippen LogP contribution is -2.55. The fourth-order valence-electron chi connectivity index (χ4n) is 3.69. The van der Waals surface area contributed by atoms with Crippen LogP contribution in [0.5, 0.6) is 5.75 Å². The number of carbonyl (C=O) groups excluding carboxylic acids is 2. The van der Waals surface area contributed by atoms with Gasteiger partial charge >= 0.3 is 0 Å². The second-order valence-corrected chi connectivity index (χ2v) is 11.4. The van der Waals surface area contributed by atoms with Gasteiger partial charge < -0.3 is 15.0 Å². The molecule has 2 amide bonds. The molecule has 36 heavy (non-hydrogen) atoms. The van der Waals surface area contributed by atoms with Crippen molar-refractivity contribution in [3.05, 3.63) is 59.9 Å². The SMILES string of the molecule is CCOc1ccccc1N(CC(=O)N(Cc1ccc(F)cc1)[C@@H](CC)C(=O)NC(C)(C)C)S(C)(=O)=O. The summed E-state index contributed by atoms with van der Waals surface area (Å²) in [4.78, 5) is 28.2. The monoisotopic (exact) mass is 521 g/mol. The zero-order valence-electron chi connectivity index (χ0n) is 21.7. The van der Waals surface area contributed by atoms with E-state index in [1.165, 1.54) is 29.2 Å². The summed E-state index contributed by atoms with van der Waals surface area (Å²) < 4.78 is 45.6. The van der Waals surface area contributed by atoms with Gasteiger partial charge in [-0.05, 0) is 63.9 Å². The molecule has 1 atom stereocenters. The Balaban J connectivity index is 2.49. The van der Waals surface area contributed by atoms with Crippen molar-refractivity contribution in [1.82, 2.24) is 10.2 Å². The first-order chi connectivity index (χ1) is 16.8. The van der Waals surface area contributed by atoms with Gasteiger partial charge in [0.05, 0.1) is 18.6 Å². The van der Waals surface area contributed by atoms with Gasteiger partial charge in [0.25, 0.3) is 0 Å². The number of ether oxygens (including phenoxy) is 1. The summed E-state index contributed by atoms with van der Waals surface area (Å²) >= 11 is 0. The fraction of sp³-hybridized carbons (Fsp3) is 0.462. The Morgan fingerprint density at radius 2 is 1.67 bits per heavy atom. The van der Waals surface area contributed by atoms with E-state index in [1.807, 2.05) is 20.8 Å². The molecule has 0 saturated carbocycles. The summed E-state index contributed by atoms with van der Waals surface area (Å²) in [5.41, 5.74) is 0.293. The molecular formula is C26H36FN3O5S. The van der Waals surface area contributed by atoms with Crippen LogP contribution in [0, 0.1) is 5.82 Å². The molecule has 0 unspecified atom stereocenters. The highest BCUT2D eigenvalue weighted by Crippen LogP contribution is 2.30. The molecule has 1 N–H and O–H groups in total. The second kappa shape index (κ2) is 12.2. The van der Waals surface area contributed by atoms with Crippen LogP contribution in [0.2, 0.25) is 0 Å². The van der Waals surface area contributed by atoms with Crippen molar-refractivity contribution in [2.75, 3.05) is 23.7 Å². The minimum Gasteiger partial charge on any atom is -0.492 e. The minimum atomic E-state index is -3.89. The summed E-state index contributed by atoms with van der Waals surface area (Å²) in [7, 11) is -3.89. The third-order valence-corrected chi connectivity index (χ3v) is 6.39. The van der Waals surface area contributed by atoms with Crippen LogP contribution in [-0.4, -0.2) is 56.1 Å². The van der Waals surface area contributed by atoms with Gasteiger partial charge in [-0.15, -0.1) is 0 Å². The average molecular weight is 522 g/mol. The Hall–Kier alpha value is -3.14. The predicted octanol–water partition coefficient (Wildman–Crippen LogP) is 3.71. The Labute approximate surface area is 213 Å². The smallest absolute Gasteiger partial charge is 0.244 e. The lowest BCUT2D eigenvalue weighted by atomic mass is 10.1. The molecule has 2 aromatic rings. The van der Waals surface area contributed by atoms with E-state index < -0.39 is 39.9 Å². The molecule has 0 bridgehead atoms. The molecule has 0 fully saturated rings.